The lowest BCUT2D eigenvalue weighted by Crippen LogP contribution is -2.09. The van der Waals surface area contributed by atoms with Crippen LogP contribution in [0.2, 0.25) is 0 Å². The molecule has 0 saturated heterocycles. The molecule has 0 atom stereocenters. The van der Waals surface area contributed by atoms with Crippen molar-refractivity contribution >= 4 is 11.5 Å². The van der Waals surface area contributed by atoms with Gasteiger partial charge in [0.05, 0.1) is 5.56 Å². The van der Waals surface area contributed by atoms with Gasteiger partial charge in [-0.3, -0.25) is 5.10 Å². The number of aromatic amines is 1. The molecule has 0 bridgehead atoms. The van der Waals surface area contributed by atoms with Crippen LogP contribution >= 0.6 is 0 Å². The number of rotatable bonds is 6. The molecular weight excluding hydrogens is 383 g/mol. The van der Waals surface area contributed by atoms with Crippen LogP contribution in [0.4, 0.5) is 10.2 Å². The first-order valence-corrected chi connectivity index (χ1v) is 9.46. The zero-order valence-electron chi connectivity index (χ0n) is 15.8. The van der Waals surface area contributed by atoms with E-state index in [9.17, 15) is 4.39 Å². The third kappa shape index (κ3) is 3.48. The third-order valence-corrected chi connectivity index (χ3v) is 4.61. The van der Waals surface area contributed by atoms with E-state index in [2.05, 4.69) is 35.8 Å². The minimum atomic E-state index is -0.369. The molecule has 0 radical (unpaired) electrons. The van der Waals surface area contributed by atoms with Crippen molar-refractivity contribution in [3.63, 3.8) is 0 Å². The third-order valence-electron chi connectivity index (χ3n) is 4.61. The zero-order chi connectivity index (χ0) is 20.3. The molecule has 148 valence electrons. The Morgan fingerprint density at radius 2 is 1.77 bits per heavy atom. The Labute approximate surface area is 170 Å². The summed E-state index contributed by atoms with van der Waals surface area (Å²) >= 11 is 0. The highest BCUT2D eigenvalue weighted by atomic mass is 19.1. The second kappa shape index (κ2) is 7.70. The molecule has 30 heavy (non-hydrogen) atoms. The zero-order valence-corrected chi connectivity index (χ0v) is 15.8. The average Bonchev–Trinajstić information content (AvgIpc) is 3.42. The van der Waals surface area contributed by atoms with Crippen LogP contribution in [0, 0.1) is 5.82 Å². The predicted octanol–water partition coefficient (Wildman–Crippen LogP) is 3.37. The molecule has 0 aliphatic rings. The number of fused-ring (bicyclic) bond motifs is 1. The van der Waals surface area contributed by atoms with Crippen molar-refractivity contribution in [1.29, 1.82) is 0 Å². The molecule has 0 saturated carbocycles. The lowest BCUT2D eigenvalue weighted by atomic mass is 10.2. The SMILES string of the molecule is Fc1ccccc1-c1nnc2ccc(NCCc3nc(-c4ccccc4)n[nH]3)nn12. The fraction of sp³-hybridized carbons (Fsp3) is 0.0952. The van der Waals surface area contributed by atoms with Crippen LogP contribution in [0.15, 0.2) is 66.7 Å². The van der Waals surface area contributed by atoms with E-state index in [0.29, 0.717) is 41.6 Å². The summed E-state index contributed by atoms with van der Waals surface area (Å²) in [5.41, 5.74) is 1.86. The molecule has 3 heterocycles. The Kier molecular flexibility index (Phi) is 4.60. The molecule has 3 aromatic heterocycles. The van der Waals surface area contributed by atoms with Gasteiger partial charge in [-0.25, -0.2) is 9.37 Å². The molecule has 2 N–H and O–H groups in total. The maximum atomic E-state index is 14.2. The van der Waals surface area contributed by atoms with Gasteiger partial charge in [-0.2, -0.15) is 9.61 Å². The first kappa shape index (κ1) is 17.9. The summed E-state index contributed by atoms with van der Waals surface area (Å²) < 4.78 is 15.7. The predicted molar refractivity (Wildman–Crippen MR) is 110 cm³/mol. The molecule has 0 aliphatic carbocycles. The van der Waals surface area contributed by atoms with Crippen molar-refractivity contribution < 1.29 is 4.39 Å². The molecule has 0 aliphatic heterocycles. The number of hydrogen-bond donors (Lipinski definition) is 2. The molecule has 9 heteroatoms. The van der Waals surface area contributed by atoms with E-state index < -0.39 is 0 Å². The maximum Gasteiger partial charge on any atom is 0.188 e. The van der Waals surface area contributed by atoms with Crippen LogP contribution in [0.5, 0.6) is 0 Å². The van der Waals surface area contributed by atoms with Crippen LogP contribution in [-0.4, -0.2) is 41.5 Å². The molecule has 8 nitrogen and oxygen atoms in total. The van der Waals surface area contributed by atoms with Gasteiger partial charge in [-0.15, -0.1) is 15.3 Å². The quantitative estimate of drug-likeness (QED) is 0.454. The van der Waals surface area contributed by atoms with Gasteiger partial charge in [0.2, 0.25) is 0 Å². The normalized spacial score (nSPS) is 11.1. The number of nitrogens with one attached hydrogen (secondary N) is 2. The topological polar surface area (TPSA) is 96.7 Å². The van der Waals surface area contributed by atoms with Gasteiger partial charge < -0.3 is 5.32 Å². The number of H-pyrrole nitrogens is 1. The fourth-order valence-corrected chi connectivity index (χ4v) is 3.13. The van der Waals surface area contributed by atoms with E-state index >= 15 is 0 Å². The molecule has 5 rings (SSSR count). The van der Waals surface area contributed by atoms with Crippen molar-refractivity contribution in [2.45, 2.75) is 6.42 Å². The number of aromatic nitrogens is 7. The van der Waals surface area contributed by atoms with Gasteiger partial charge in [-0.05, 0) is 24.3 Å². The summed E-state index contributed by atoms with van der Waals surface area (Å²) in [6.45, 7) is 0.596. The standard InChI is InChI=1S/C21H17FN8/c22-16-9-5-4-8-15(16)21-28-26-19-11-10-17(29-30(19)21)23-13-12-18-24-20(27-25-18)14-6-2-1-3-7-14/h1-11H,12-13H2,(H,23,29)(H,24,25,27). The summed E-state index contributed by atoms with van der Waals surface area (Å²) in [6, 6.07) is 19.8. The summed E-state index contributed by atoms with van der Waals surface area (Å²) in [5.74, 6) is 2.06. The van der Waals surface area contributed by atoms with Gasteiger partial charge in [0, 0.05) is 18.5 Å². The highest BCUT2D eigenvalue weighted by Gasteiger charge is 2.13. The molecule has 0 fully saturated rings. The van der Waals surface area contributed by atoms with Crippen LogP contribution in [-0.2, 0) is 6.42 Å². The minimum Gasteiger partial charge on any atom is -0.368 e. The lowest BCUT2D eigenvalue weighted by Gasteiger charge is -2.06. The highest BCUT2D eigenvalue weighted by Crippen LogP contribution is 2.21. The Morgan fingerprint density at radius 1 is 0.933 bits per heavy atom. The summed E-state index contributed by atoms with van der Waals surface area (Å²) in [7, 11) is 0. The van der Waals surface area contributed by atoms with E-state index in [0.717, 1.165) is 11.4 Å². The second-order valence-electron chi connectivity index (χ2n) is 6.64. The van der Waals surface area contributed by atoms with Crippen molar-refractivity contribution in [2.24, 2.45) is 0 Å². The van der Waals surface area contributed by atoms with E-state index in [1.807, 2.05) is 36.4 Å². The summed E-state index contributed by atoms with van der Waals surface area (Å²) in [6.07, 6.45) is 0.641. The first-order valence-electron chi connectivity index (χ1n) is 9.46. The van der Waals surface area contributed by atoms with Gasteiger partial charge in [0.15, 0.2) is 17.3 Å². The van der Waals surface area contributed by atoms with Gasteiger partial charge >= 0.3 is 0 Å². The monoisotopic (exact) mass is 400 g/mol. The second-order valence-corrected chi connectivity index (χ2v) is 6.64. The van der Waals surface area contributed by atoms with Gasteiger partial charge in [-0.1, -0.05) is 42.5 Å². The number of benzene rings is 2. The van der Waals surface area contributed by atoms with E-state index in [-0.39, 0.29) is 5.82 Å². The summed E-state index contributed by atoms with van der Waals surface area (Å²) in [5, 5.41) is 23.1. The molecule has 2 aromatic carbocycles. The van der Waals surface area contributed by atoms with Crippen LogP contribution in [0.3, 0.4) is 0 Å². The molecular formula is C21H17FN8. The van der Waals surface area contributed by atoms with Crippen LogP contribution in [0.25, 0.3) is 28.4 Å². The van der Waals surface area contributed by atoms with Crippen LogP contribution < -0.4 is 5.32 Å². The highest BCUT2D eigenvalue weighted by molar-refractivity contribution is 5.60. The number of anilines is 1. The molecule has 0 unspecified atom stereocenters. The molecule has 0 amide bonds. The lowest BCUT2D eigenvalue weighted by molar-refractivity contribution is 0.629. The van der Waals surface area contributed by atoms with Crippen molar-refractivity contribution in [2.75, 3.05) is 11.9 Å². The summed E-state index contributed by atoms with van der Waals surface area (Å²) in [4.78, 5) is 4.52. The molecule has 0 spiro atoms. The van der Waals surface area contributed by atoms with E-state index in [4.69, 9.17) is 0 Å². The largest absolute Gasteiger partial charge is 0.368 e. The Bertz CT molecular complexity index is 1290. The van der Waals surface area contributed by atoms with Crippen molar-refractivity contribution in [3.8, 4) is 22.8 Å². The number of nitrogens with zero attached hydrogens (tertiary/aromatic N) is 6. The van der Waals surface area contributed by atoms with E-state index in [1.165, 1.54) is 10.6 Å². The van der Waals surface area contributed by atoms with Crippen molar-refractivity contribution in [3.05, 3.63) is 78.4 Å². The smallest absolute Gasteiger partial charge is 0.188 e. The minimum absolute atomic E-state index is 0.352. The average molecular weight is 400 g/mol. The Morgan fingerprint density at radius 3 is 2.63 bits per heavy atom. The van der Waals surface area contributed by atoms with E-state index in [1.54, 1.807) is 24.3 Å². The number of halogens is 1. The Hall–Kier alpha value is -4.14. The fourth-order valence-electron chi connectivity index (χ4n) is 3.13. The Balaban J connectivity index is 1.30. The molecule has 5 aromatic rings. The van der Waals surface area contributed by atoms with Gasteiger partial charge in [0.25, 0.3) is 0 Å². The van der Waals surface area contributed by atoms with Crippen molar-refractivity contribution in [1.82, 2.24) is 35.0 Å². The first-order chi connectivity index (χ1) is 14.8. The number of hydrogen-bond acceptors (Lipinski definition) is 6. The van der Waals surface area contributed by atoms with Crippen LogP contribution in [0.1, 0.15) is 5.82 Å². The van der Waals surface area contributed by atoms with Gasteiger partial charge in [0.1, 0.15) is 17.5 Å². The maximum absolute atomic E-state index is 14.2.